The fourth-order valence-electron chi connectivity index (χ4n) is 2.18. The molecule has 0 aliphatic carbocycles. The van der Waals surface area contributed by atoms with Crippen molar-refractivity contribution in [1.82, 2.24) is 4.90 Å². The lowest BCUT2D eigenvalue weighted by molar-refractivity contribution is -0.139. The molecule has 0 aliphatic rings. The lowest BCUT2D eigenvalue weighted by atomic mass is 10.1. The summed E-state index contributed by atoms with van der Waals surface area (Å²) in [5.74, 6) is -0.481. The van der Waals surface area contributed by atoms with Crippen molar-refractivity contribution >= 4 is 29.1 Å². The van der Waals surface area contributed by atoms with Gasteiger partial charge in [0.15, 0.2) is 6.10 Å². The van der Waals surface area contributed by atoms with E-state index in [4.69, 9.17) is 28.5 Å². The number of aliphatic hydroxyl groups excluding tert-OH is 1. The molecule has 118 valence electrons. The molecular formula is C17H14Cl2N2O2. The highest BCUT2D eigenvalue weighted by molar-refractivity contribution is 6.34. The number of hydrogen-bond donors (Lipinski definition) is 1. The normalized spacial score (nSPS) is 11.6. The molecule has 2 rings (SSSR count). The van der Waals surface area contributed by atoms with Crippen LogP contribution in [0.4, 0.5) is 0 Å². The number of halogens is 2. The van der Waals surface area contributed by atoms with E-state index >= 15 is 0 Å². The van der Waals surface area contributed by atoms with Gasteiger partial charge in [-0.15, -0.1) is 0 Å². The van der Waals surface area contributed by atoms with Crippen LogP contribution < -0.4 is 0 Å². The second-order valence-electron chi connectivity index (χ2n) is 5.11. The summed E-state index contributed by atoms with van der Waals surface area (Å²) in [7, 11) is 1.58. The SMILES string of the molecule is CN(Cc1cccc(C#N)c1)C(=O)C(O)c1cc(Cl)cc(Cl)c1. The van der Waals surface area contributed by atoms with Crippen LogP contribution in [0.3, 0.4) is 0 Å². The molecule has 0 aromatic heterocycles. The summed E-state index contributed by atoms with van der Waals surface area (Å²) in [6, 6.07) is 13.5. The zero-order chi connectivity index (χ0) is 17.0. The van der Waals surface area contributed by atoms with E-state index in [1.807, 2.05) is 12.1 Å². The summed E-state index contributed by atoms with van der Waals surface area (Å²) in [6.45, 7) is 0.277. The number of aliphatic hydroxyl groups is 1. The standard InChI is InChI=1S/C17H14Cl2N2O2/c1-21(10-12-4-2-3-11(5-12)9-20)17(23)16(22)13-6-14(18)8-15(19)7-13/h2-8,16,22H,10H2,1H3. The number of hydrogen-bond acceptors (Lipinski definition) is 3. The molecule has 2 aromatic rings. The number of carbonyl (C=O) groups is 1. The molecule has 0 radical (unpaired) electrons. The number of likely N-dealkylation sites (N-methyl/N-ethyl adjacent to an activating group) is 1. The summed E-state index contributed by atoms with van der Waals surface area (Å²) in [5, 5.41) is 19.8. The zero-order valence-corrected chi connectivity index (χ0v) is 13.8. The van der Waals surface area contributed by atoms with Gasteiger partial charge in [-0.3, -0.25) is 4.79 Å². The molecule has 1 amide bonds. The van der Waals surface area contributed by atoms with E-state index in [0.717, 1.165) is 5.56 Å². The maximum atomic E-state index is 12.3. The van der Waals surface area contributed by atoms with Crippen LogP contribution in [0.15, 0.2) is 42.5 Å². The van der Waals surface area contributed by atoms with Crippen molar-refractivity contribution in [3.63, 3.8) is 0 Å². The van der Waals surface area contributed by atoms with Crippen LogP contribution in [-0.2, 0) is 11.3 Å². The van der Waals surface area contributed by atoms with Gasteiger partial charge >= 0.3 is 0 Å². The Bertz CT molecular complexity index is 751. The highest BCUT2D eigenvalue weighted by Crippen LogP contribution is 2.25. The Balaban J connectivity index is 2.13. The Hall–Kier alpha value is -2.06. The fraction of sp³-hybridized carbons (Fsp3) is 0.176. The third kappa shape index (κ3) is 4.46. The minimum absolute atomic E-state index is 0.277. The summed E-state index contributed by atoms with van der Waals surface area (Å²) in [6.07, 6.45) is -1.35. The van der Waals surface area contributed by atoms with Crippen LogP contribution in [0.1, 0.15) is 22.8 Å². The molecule has 1 unspecified atom stereocenters. The number of carbonyl (C=O) groups excluding carboxylic acids is 1. The van der Waals surface area contributed by atoms with Gasteiger partial charge in [0.1, 0.15) is 0 Å². The van der Waals surface area contributed by atoms with Crippen molar-refractivity contribution < 1.29 is 9.90 Å². The Morgan fingerprint density at radius 2 is 1.91 bits per heavy atom. The monoisotopic (exact) mass is 348 g/mol. The third-order valence-corrected chi connectivity index (χ3v) is 3.72. The van der Waals surface area contributed by atoms with E-state index in [-0.39, 0.29) is 6.54 Å². The fourth-order valence-corrected chi connectivity index (χ4v) is 2.72. The number of nitrogens with zero attached hydrogens (tertiary/aromatic N) is 2. The quantitative estimate of drug-likeness (QED) is 0.918. The van der Waals surface area contributed by atoms with Crippen molar-refractivity contribution in [3.8, 4) is 6.07 Å². The highest BCUT2D eigenvalue weighted by atomic mass is 35.5. The van der Waals surface area contributed by atoms with Crippen molar-refractivity contribution in [2.24, 2.45) is 0 Å². The summed E-state index contributed by atoms with van der Waals surface area (Å²) in [4.78, 5) is 13.7. The van der Waals surface area contributed by atoms with Gasteiger partial charge in [0.25, 0.3) is 5.91 Å². The molecule has 4 nitrogen and oxygen atoms in total. The van der Waals surface area contributed by atoms with Gasteiger partial charge in [-0.2, -0.15) is 5.26 Å². The minimum Gasteiger partial charge on any atom is -0.378 e. The van der Waals surface area contributed by atoms with Gasteiger partial charge in [-0.05, 0) is 41.5 Å². The zero-order valence-electron chi connectivity index (χ0n) is 12.3. The topological polar surface area (TPSA) is 64.3 Å². The van der Waals surface area contributed by atoms with Crippen LogP contribution >= 0.6 is 23.2 Å². The molecule has 0 heterocycles. The Kier molecular flexibility index (Phi) is 5.62. The average Bonchev–Trinajstić information content (AvgIpc) is 2.52. The summed E-state index contributed by atoms with van der Waals surface area (Å²) < 4.78 is 0. The van der Waals surface area contributed by atoms with Gasteiger partial charge in [-0.25, -0.2) is 0 Å². The molecule has 23 heavy (non-hydrogen) atoms. The maximum absolute atomic E-state index is 12.3. The van der Waals surface area contributed by atoms with Gasteiger partial charge in [0, 0.05) is 23.6 Å². The Morgan fingerprint density at radius 3 is 2.52 bits per heavy atom. The Labute approximate surface area is 144 Å². The molecule has 0 spiro atoms. The number of rotatable bonds is 4. The van der Waals surface area contributed by atoms with Gasteiger partial charge < -0.3 is 10.0 Å². The predicted octanol–water partition coefficient (Wildman–Crippen LogP) is 3.56. The number of nitriles is 1. The lowest BCUT2D eigenvalue weighted by Gasteiger charge is -2.21. The molecule has 0 saturated carbocycles. The van der Waals surface area contributed by atoms with Crippen LogP contribution in [0.25, 0.3) is 0 Å². The van der Waals surface area contributed by atoms with E-state index < -0.39 is 12.0 Å². The first-order valence-electron chi connectivity index (χ1n) is 6.79. The smallest absolute Gasteiger partial charge is 0.256 e. The molecule has 0 aliphatic heterocycles. The number of amides is 1. The summed E-state index contributed by atoms with van der Waals surface area (Å²) in [5.41, 5.74) is 1.66. The molecule has 0 bridgehead atoms. The minimum atomic E-state index is -1.35. The first-order valence-corrected chi connectivity index (χ1v) is 7.54. The second-order valence-corrected chi connectivity index (χ2v) is 5.98. The molecule has 6 heteroatoms. The molecule has 0 fully saturated rings. The highest BCUT2D eigenvalue weighted by Gasteiger charge is 2.22. The van der Waals surface area contributed by atoms with E-state index in [1.165, 1.54) is 23.1 Å². The maximum Gasteiger partial charge on any atom is 0.256 e. The largest absolute Gasteiger partial charge is 0.378 e. The van der Waals surface area contributed by atoms with Gasteiger partial charge in [-0.1, -0.05) is 35.3 Å². The average molecular weight is 349 g/mol. The Morgan fingerprint density at radius 1 is 1.26 bits per heavy atom. The predicted molar refractivity (Wildman–Crippen MR) is 89.1 cm³/mol. The second kappa shape index (κ2) is 7.47. The molecular weight excluding hydrogens is 335 g/mol. The summed E-state index contributed by atoms with van der Waals surface area (Å²) >= 11 is 11.8. The van der Waals surface area contributed by atoms with Gasteiger partial charge in [0.2, 0.25) is 0 Å². The molecule has 1 atom stereocenters. The van der Waals surface area contributed by atoms with E-state index in [9.17, 15) is 9.90 Å². The van der Waals surface area contributed by atoms with Crippen LogP contribution in [-0.4, -0.2) is 23.0 Å². The van der Waals surface area contributed by atoms with Crippen LogP contribution in [0.2, 0.25) is 10.0 Å². The van der Waals surface area contributed by atoms with Crippen molar-refractivity contribution in [1.29, 1.82) is 5.26 Å². The van der Waals surface area contributed by atoms with Crippen LogP contribution in [0.5, 0.6) is 0 Å². The van der Waals surface area contributed by atoms with E-state index in [1.54, 1.807) is 25.2 Å². The third-order valence-electron chi connectivity index (χ3n) is 3.29. The molecule has 2 aromatic carbocycles. The van der Waals surface area contributed by atoms with E-state index in [0.29, 0.717) is 21.2 Å². The van der Waals surface area contributed by atoms with Crippen molar-refractivity contribution in [2.45, 2.75) is 12.6 Å². The van der Waals surface area contributed by atoms with Crippen molar-refractivity contribution in [2.75, 3.05) is 7.05 Å². The first kappa shape index (κ1) is 17.3. The van der Waals surface area contributed by atoms with Crippen LogP contribution in [0, 0.1) is 11.3 Å². The lowest BCUT2D eigenvalue weighted by Crippen LogP contribution is -2.31. The van der Waals surface area contributed by atoms with Crippen molar-refractivity contribution in [3.05, 3.63) is 69.2 Å². The molecule has 0 saturated heterocycles. The molecule has 1 N–H and O–H groups in total. The van der Waals surface area contributed by atoms with E-state index in [2.05, 4.69) is 0 Å². The first-order chi connectivity index (χ1) is 10.9. The van der Waals surface area contributed by atoms with Gasteiger partial charge in [0.05, 0.1) is 11.6 Å². The number of benzene rings is 2.